The average molecular weight is 196 g/mol. The Kier molecular flexibility index (Phi) is 4.12. The van der Waals surface area contributed by atoms with Crippen molar-refractivity contribution in [2.24, 2.45) is 10.8 Å². The van der Waals surface area contributed by atoms with Gasteiger partial charge in [0.15, 0.2) is 0 Å². The van der Waals surface area contributed by atoms with E-state index in [2.05, 4.69) is 39.9 Å². The Labute approximate surface area is 86.5 Å². The molecule has 1 amide bonds. The van der Waals surface area contributed by atoms with Crippen LogP contribution in [0.5, 0.6) is 0 Å². The molecular formula is C11H20N2O. The third kappa shape index (κ3) is 3.78. The maximum absolute atomic E-state index is 11.1. The molecule has 0 radical (unpaired) electrons. The van der Waals surface area contributed by atoms with Gasteiger partial charge in [-0.25, -0.2) is 0 Å². The Bertz CT molecular complexity index is 243. The maximum Gasteiger partial charge on any atom is 0.234 e. The fraction of sp³-hybridized carbons (Fsp3) is 0.818. The van der Waals surface area contributed by atoms with Gasteiger partial charge in [-0.1, -0.05) is 34.6 Å². The number of amides is 1. The van der Waals surface area contributed by atoms with Crippen molar-refractivity contribution >= 4 is 5.91 Å². The van der Waals surface area contributed by atoms with Crippen molar-refractivity contribution in [2.75, 3.05) is 6.54 Å². The molecule has 0 heterocycles. The lowest BCUT2D eigenvalue weighted by Crippen LogP contribution is -2.41. The number of hydrogen-bond acceptors (Lipinski definition) is 2. The number of carbonyl (C=O) groups excluding carboxylic acids is 1. The number of carbonyl (C=O) groups is 1. The summed E-state index contributed by atoms with van der Waals surface area (Å²) in [4.78, 5) is 11.1. The molecule has 0 unspecified atom stereocenters. The van der Waals surface area contributed by atoms with E-state index in [0.717, 1.165) is 0 Å². The Morgan fingerprint density at radius 1 is 1.29 bits per heavy atom. The second-order valence-corrected chi connectivity index (χ2v) is 5.25. The summed E-state index contributed by atoms with van der Waals surface area (Å²) in [6.07, 6.45) is -0.0553. The second kappa shape index (κ2) is 4.45. The quantitative estimate of drug-likeness (QED) is 0.751. The molecule has 14 heavy (non-hydrogen) atoms. The van der Waals surface area contributed by atoms with Crippen molar-refractivity contribution < 1.29 is 4.79 Å². The molecule has 0 aromatic heterocycles. The van der Waals surface area contributed by atoms with Crippen LogP contribution in [0, 0.1) is 22.2 Å². The van der Waals surface area contributed by atoms with Gasteiger partial charge < -0.3 is 5.32 Å². The summed E-state index contributed by atoms with van der Waals surface area (Å²) >= 11 is 0. The molecule has 0 aromatic rings. The predicted octanol–water partition coefficient (Wildman–Crippen LogP) is 2.09. The molecule has 0 bridgehead atoms. The lowest BCUT2D eigenvalue weighted by atomic mass is 9.69. The zero-order chi connectivity index (χ0) is 11.4. The SMILES string of the molecule is CC(C)(C)C(C)(C)CNC(=O)CC#N. The Balaban J connectivity index is 4.14. The largest absolute Gasteiger partial charge is 0.355 e. The number of nitrogens with zero attached hydrogens (tertiary/aromatic N) is 1. The predicted molar refractivity (Wildman–Crippen MR) is 56.5 cm³/mol. The van der Waals surface area contributed by atoms with E-state index in [1.54, 1.807) is 0 Å². The first kappa shape index (κ1) is 13.0. The molecule has 0 spiro atoms. The van der Waals surface area contributed by atoms with Crippen LogP contribution in [0.2, 0.25) is 0 Å². The third-order valence-corrected chi connectivity index (χ3v) is 3.00. The van der Waals surface area contributed by atoms with Crippen LogP contribution in [0.25, 0.3) is 0 Å². The van der Waals surface area contributed by atoms with Crippen LogP contribution in [-0.4, -0.2) is 12.5 Å². The van der Waals surface area contributed by atoms with Gasteiger partial charge in [0, 0.05) is 6.54 Å². The average Bonchev–Trinajstić information content (AvgIpc) is 1.99. The first-order valence-corrected chi connectivity index (χ1v) is 4.84. The van der Waals surface area contributed by atoms with Crippen molar-refractivity contribution in [3.05, 3.63) is 0 Å². The van der Waals surface area contributed by atoms with Gasteiger partial charge in [0.1, 0.15) is 6.42 Å². The molecule has 0 aliphatic heterocycles. The minimum atomic E-state index is -0.190. The molecule has 0 rings (SSSR count). The Morgan fingerprint density at radius 3 is 2.14 bits per heavy atom. The topological polar surface area (TPSA) is 52.9 Å². The summed E-state index contributed by atoms with van der Waals surface area (Å²) in [7, 11) is 0. The monoisotopic (exact) mass is 196 g/mol. The van der Waals surface area contributed by atoms with Gasteiger partial charge in [-0.3, -0.25) is 4.79 Å². The summed E-state index contributed by atoms with van der Waals surface area (Å²) in [6, 6.07) is 1.83. The zero-order valence-corrected chi connectivity index (χ0v) is 9.77. The van der Waals surface area contributed by atoms with Crippen LogP contribution in [0.15, 0.2) is 0 Å². The van der Waals surface area contributed by atoms with Crippen LogP contribution in [0.3, 0.4) is 0 Å². The highest BCUT2D eigenvalue weighted by atomic mass is 16.1. The minimum Gasteiger partial charge on any atom is -0.355 e. The van der Waals surface area contributed by atoms with Gasteiger partial charge in [-0.05, 0) is 10.8 Å². The van der Waals surface area contributed by atoms with Gasteiger partial charge in [0.2, 0.25) is 5.91 Å². The highest BCUT2D eigenvalue weighted by molar-refractivity contribution is 5.77. The Morgan fingerprint density at radius 2 is 1.79 bits per heavy atom. The molecule has 80 valence electrons. The van der Waals surface area contributed by atoms with Gasteiger partial charge in [-0.2, -0.15) is 5.26 Å². The summed E-state index contributed by atoms with van der Waals surface area (Å²) < 4.78 is 0. The standard InChI is InChI=1S/C11H20N2O/c1-10(2,3)11(4,5)8-13-9(14)6-7-12/h6,8H2,1-5H3,(H,13,14). The van der Waals surface area contributed by atoms with E-state index in [1.165, 1.54) is 0 Å². The first-order chi connectivity index (χ1) is 6.20. The molecular weight excluding hydrogens is 176 g/mol. The fourth-order valence-corrected chi connectivity index (χ4v) is 0.719. The van der Waals surface area contributed by atoms with Crippen LogP contribution in [0.1, 0.15) is 41.0 Å². The molecule has 0 saturated carbocycles. The number of hydrogen-bond donors (Lipinski definition) is 1. The molecule has 0 fully saturated rings. The zero-order valence-electron chi connectivity index (χ0n) is 9.77. The lowest BCUT2D eigenvalue weighted by molar-refractivity contribution is -0.120. The number of nitriles is 1. The molecule has 0 aliphatic rings. The lowest BCUT2D eigenvalue weighted by Gasteiger charge is -2.38. The summed E-state index contributed by atoms with van der Waals surface area (Å²) in [5, 5.41) is 11.1. The van der Waals surface area contributed by atoms with E-state index in [-0.39, 0.29) is 23.2 Å². The summed E-state index contributed by atoms with van der Waals surface area (Å²) in [5.74, 6) is -0.190. The van der Waals surface area contributed by atoms with Crippen LogP contribution in [-0.2, 0) is 4.79 Å². The van der Waals surface area contributed by atoms with Crippen molar-refractivity contribution in [2.45, 2.75) is 41.0 Å². The third-order valence-electron chi connectivity index (χ3n) is 3.00. The van der Waals surface area contributed by atoms with Crippen molar-refractivity contribution in [3.8, 4) is 6.07 Å². The molecule has 1 N–H and O–H groups in total. The normalized spacial score (nSPS) is 12.0. The molecule has 0 saturated heterocycles. The van der Waals surface area contributed by atoms with E-state index in [9.17, 15) is 4.79 Å². The number of nitrogens with one attached hydrogen (secondary N) is 1. The van der Waals surface area contributed by atoms with E-state index in [4.69, 9.17) is 5.26 Å². The molecule has 0 aliphatic carbocycles. The fourth-order valence-electron chi connectivity index (χ4n) is 0.719. The second-order valence-electron chi connectivity index (χ2n) is 5.25. The summed E-state index contributed by atoms with van der Waals surface area (Å²) in [5.41, 5.74) is 0.158. The van der Waals surface area contributed by atoms with E-state index >= 15 is 0 Å². The van der Waals surface area contributed by atoms with Crippen molar-refractivity contribution in [3.63, 3.8) is 0 Å². The van der Waals surface area contributed by atoms with E-state index < -0.39 is 0 Å². The Hall–Kier alpha value is -1.04. The van der Waals surface area contributed by atoms with Gasteiger partial charge in [0.05, 0.1) is 6.07 Å². The number of rotatable bonds is 3. The minimum absolute atomic E-state index is 0.0259. The first-order valence-electron chi connectivity index (χ1n) is 4.84. The molecule has 0 aromatic carbocycles. The van der Waals surface area contributed by atoms with Crippen LogP contribution < -0.4 is 5.32 Å². The van der Waals surface area contributed by atoms with E-state index in [0.29, 0.717) is 6.54 Å². The summed E-state index contributed by atoms with van der Waals surface area (Å²) in [6.45, 7) is 11.3. The van der Waals surface area contributed by atoms with Crippen molar-refractivity contribution in [1.82, 2.24) is 5.32 Å². The molecule has 3 nitrogen and oxygen atoms in total. The van der Waals surface area contributed by atoms with E-state index in [1.807, 2.05) is 6.07 Å². The maximum atomic E-state index is 11.1. The van der Waals surface area contributed by atoms with Gasteiger partial charge in [0.25, 0.3) is 0 Å². The van der Waals surface area contributed by atoms with Crippen LogP contribution >= 0.6 is 0 Å². The molecule has 0 atom stereocenters. The van der Waals surface area contributed by atoms with Gasteiger partial charge >= 0.3 is 0 Å². The van der Waals surface area contributed by atoms with Crippen molar-refractivity contribution in [1.29, 1.82) is 5.26 Å². The molecule has 3 heteroatoms. The highest BCUT2D eigenvalue weighted by Crippen LogP contribution is 2.36. The highest BCUT2D eigenvalue weighted by Gasteiger charge is 2.32. The van der Waals surface area contributed by atoms with Crippen LogP contribution in [0.4, 0.5) is 0 Å². The smallest absolute Gasteiger partial charge is 0.234 e. The van der Waals surface area contributed by atoms with Gasteiger partial charge in [-0.15, -0.1) is 0 Å².